The first-order chi connectivity index (χ1) is 11.2. The fraction of sp³-hybridized carbons (Fsp3) is 0.412. The zero-order valence-electron chi connectivity index (χ0n) is 12.9. The van der Waals surface area contributed by atoms with Gasteiger partial charge in [-0.05, 0) is 31.4 Å². The highest BCUT2D eigenvalue weighted by atomic mass is 19.1. The molecule has 0 saturated carbocycles. The van der Waals surface area contributed by atoms with Gasteiger partial charge >= 0.3 is 0 Å². The van der Waals surface area contributed by atoms with Crippen LogP contribution in [0.15, 0.2) is 29.1 Å². The Morgan fingerprint density at radius 2 is 1.78 bits per heavy atom. The molecule has 1 fully saturated rings. The van der Waals surface area contributed by atoms with Gasteiger partial charge in [0.05, 0.1) is 11.4 Å². The largest absolute Gasteiger partial charge is 0.366 e. The number of aromatic amines is 1. The van der Waals surface area contributed by atoms with Gasteiger partial charge < -0.3 is 9.80 Å². The van der Waals surface area contributed by atoms with Gasteiger partial charge in [-0.2, -0.15) is 0 Å². The van der Waals surface area contributed by atoms with E-state index in [4.69, 9.17) is 0 Å². The molecule has 1 aliphatic heterocycles. The number of aryl methyl sites for hydroxylation is 1. The van der Waals surface area contributed by atoms with E-state index in [9.17, 15) is 9.18 Å². The number of para-hydroxylation sites is 1. The first-order valence-corrected chi connectivity index (χ1v) is 8.09. The lowest BCUT2D eigenvalue weighted by Gasteiger charge is -2.36. The lowest BCUT2D eigenvalue weighted by atomic mass is 10.2. The topological polar surface area (TPSA) is 52.2 Å². The summed E-state index contributed by atoms with van der Waals surface area (Å²) in [7, 11) is 0. The second-order valence-corrected chi connectivity index (χ2v) is 6.09. The van der Waals surface area contributed by atoms with Crippen LogP contribution in [0.3, 0.4) is 0 Å². The van der Waals surface area contributed by atoms with Gasteiger partial charge in [0.2, 0.25) is 5.95 Å². The monoisotopic (exact) mass is 314 g/mol. The van der Waals surface area contributed by atoms with E-state index < -0.39 is 0 Å². The molecule has 5 nitrogen and oxygen atoms in total. The molecule has 1 saturated heterocycles. The average molecular weight is 314 g/mol. The molecule has 0 bridgehead atoms. The van der Waals surface area contributed by atoms with Gasteiger partial charge in [0.1, 0.15) is 5.82 Å². The highest BCUT2D eigenvalue weighted by molar-refractivity contribution is 5.49. The predicted octanol–water partition coefficient (Wildman–Crippen LogP) is 1.72. The molecule has 6 heteroatoms. The van der Waals surface area contributed by atoms with Gasteiger partial charge in [-0.25, -0.2) is 9.37 Å². The highest BCUT2D eigenvalue weighted by Crippen LogP contribution is 2.22. The maximum Gasteiger partial charge on any atom is 0.255 e. The van der Waals surface area contributed by atoms with Crippen molar-refractivity contribution < 1.29 is 4.39 Å². The molecule has 1 N–H and O–H groups in total. The molecule has 2 heterocycles. The van der Waals surface area contributed by atoms with E-state index >= 15 is 0 Å². The SMILES string of the molecule is O=c1[nH]c(N2CCN(c3ccccc3F)CC2)nc2c1CCC2. The van der Waals surface area contributed by atoms with E-state index in [0.29, 0.717) is 24.7 Å². The van der Waals surface area contributed by atoms with Crippen molar-refractivity contribution in [1.29, 1.82) is 0 Å². The Kier molecular flexibility index (Phi) is 3.52. The number of piperazine rings is 1. The van der Waals surface area contributed by atoms with Crippen molar-refractivity contribution in [3.63, 3.8) is 0 Å². The molecule has 23 heavy (non-hydrogen) atoms. The van der Waals surface area contributed by atoms with E-state index in [-0.39, 0.29) is 11.4 Å². The number of aromatic nitrogens is 2. The molecule has 0 unspecified atom stereocenters. The third kappa shape index (κ3) is 2.58. The maximum atomic E-state index is 13.9. The van der Waals surface area contributed by atoms with Crippen molar-refractivity contribution in [2.24, 2.45) is 0 Å². The summed E-state index contributed by atoms with van der Waals surface area (Å²) in [5, 5.41) is 0. The minimum atomic E-state index is -0.190. The minimum Gasteiger partial charge on any atom is -0.366 e. The van der Waals surface area contributed by atoms with Crippen molar-refractivity contribution >= 4 is 11.6 Å². The fourth-order valence-electron chi connectivity index (χ4n) is 3.45. The Hall–Kier alpha value is -2.37. The second kappa shape index (κ2) is 5.68. The number of halogens is 1. The second-order valence-electron chi connectivity index (χ2n) is 6.09. The molecule has 1 aromatic carbocycles. The summed E-state index contributed by atoms with van der Waals surface area (Å²) >= 11 is 0. The smallest absolute Gasteiger partial charge is 0.255 e. The predicted molar refractivity (Wildman–Crippen MR) is 87.7 cm³/mol. The van der Waals surface area contributed by atoms with Crippen LogP contribution in [0.4, 0.5) is 16.0 Å². The molecule has 2 aromatic rings. The van der Waals surface area contributed by atoms with Crippen molar-refractivity contribution in [2.45, 2.75) is 19.3 Å². The molecule has 0 atom stereocenters. The maximum absolute atomic E-state index is 13.9. The Bertz CT molecular complexity index is 780. The fourth-order valence-corrected chi connectivity index (χ4v) is 3.45. The number of hydrogen-bond acceptors (Lipinski definition) is 4. The van der Waals surface area contributed by atoms with E-state index in [2.05, 4.69) is 14.9 Å². The van der Waals surface area contributed by atoms with Gasteiger partial charge in [0.15, 0.2) is 0 Å². The van der Waals surface area contributed by atoms with Crippen LogP contribution in [-0.2, 0) is 12.8 Å². The first-order valence-electron chi connectivity index (χ1n) is 8.09. The molecule has 0 radical (unpaired) electrons. The van der Waals surface area contributed by atoms with E-state index in [0.717, 1.165) is 43.6 Å². The molecular formula is C17H19FN4O. The van der Waals surface area contributed by atoms with Crippen LogP contribution in [0.2, 0.25) is 0 Å². The van der Waals surface area contributed by atoms with Gasteiger partial charge in [-0.1, -0.05) is 12.1 Å². The quantitative estimate of drug-likeness (QED) is 0.917. The lowest BCUT2D eigenvalue weighted by molar-refractivity contribution is 0.593. The number of benzene rings is 1. The molecule has 120 valence electrons. The number of nitrogens with zero attached hydrogens (tertiary/aromatic N) is 3. The zero-order chi connectivity index (χ0) is 15.8. The van der Waals surface area contributed by atoms with Crippen LogP contribution in [0.5, 0.6) is 0 Å². The van der Waals surface area contributed by atoms with Crippen LogP contribution in [-0.4, -0.2) is 36.1 Å². The third-order valence-corrected chi connectivity index (χ3v) is 4.70. The zero-order valence-corrected chi connectivity index (χ0v) is 12.9. The first kappa shape index (κ1) is 14.2. The molecule has 0 spiro atoms. The number of anilines is 2. The average Bonchev–Trinajstić information content (AvgIpc) is 3.05. The minimum absolute atomic E-state index is 0.000895. The third-order valence-electron chi connectivity index (χ3n) is 4.70. The number of rotatable bonds is 2. The van der Waals surface area contributed by atoms with Gasteiger partial charge in [0, 0.05) is 31.7 Å². The van der Waals surface area contributed by atoms with Crippen molar-refractivity contribution in [1.82, 2.24) is 9.97 Å². The standard InChI is InChI=1S/C17H19FN4O/c18-13-5-1-2-7-15(13)21-8-10-22(11-9-21)17-19-14-6-3-4-12(14)16(23)20-17/h1-2,5,7H,3-4,6,8-11H2,(H,19,20,23). The summed E-state index contributed by atoms with van der Waals surface area (Å²) in [6.45, 7) is 2.86. The summed E-state index contributed by atoms with van der Waals surface area (Å²) in [6.07, 6.45) is 2.73. The Morgan fingerprint density at radius 1 is 1.04 bits per heavy atom. The Labute approximate surface area is 133 Å². The summed E-state index contributed by atoms with van der Waals surface area (Å²) in [6, 6.07) is 6.85. The molecule has 4 rings (SSSR count). The molecule has 0 amide bonds. The Morgan fingerprint density at radius 3 is 2.57 bits per heavy atom. The van der Waals surface area contributed by atoms with Crippen molar-refractivity contribution in [3.8, 4) is 0 Å². The van der Waals surface area contributed by atoms with Crippen LogP contribution < -0.4 is 15.4 Å². The van der Waals surface area contributed by atoms with Crippen LogP contribution in [0.25, 0.3) is 0 Å². The highest BCUT2D eigenvalue weighted by Gasteiger charge is 2.23. The van der Waals surface area contributed by atoms with Crippen molar-refractivity contribution in [3.05, 3.63) is 51.7 Å². The molecule has 2 aliphatic rings. The number of nitrogens with one attached hydrogen (secondary N) is 1. The van der Waals surface area contributed by atoms with Gasteiger partial charge in [-0.15, -0.1) is 0 Å². The molecular weight excluding hydrogens is 295 g/mol. The number of fused-ring (bicyclic) bond motifs is 1. The van der Waals surface area contributed by atoms with Gasteiger partial charge in [0.25, 0.3) is 5.56 Å². The summed E-state index contributed by atoms with van der Waals surface area (Å²) < 4.78 is 13.9. The summed E-state index contributed by atoms with van der Waals surface area (Å²) in [5.74, 6) is 0.467. The van der Waals surface area contributed by atoms with Crippen LogP contribution in [0, 0.1) is 5.82 Å². The van der Waals surface area contributed by atoms with Crippen LogP contribution >= 0.6 is 0 Å². The molecule has 1 aliphatic carbocycles. The van der Waals surface area contributed by atoms with Gasteiger partial charge in [-0.3, -0.25) is 9.78 Å². The number of H-pyrrole nitrogens is 1. The normalized spacial score (nSPS) is 17.4. The van der Waals surface area contributed by atoms with E-state index in [1.54, 1.807) is 12.1 Å². The summed E-state index contributed by atoms with van der Waals surface area (Å²) in [5.41, 5.74) is 2.43. The Balaban J connectivity index is 1.51. The van der Waals surface area contributed by atoms with E-state index in [1.165, 1.54) is 6.07 Å². The summed E-state index contributed by atoms with van der Waals surface area (Å²) in [4.78, 5) is 23.8. The van der Waals surface area contributed by atoms with Crippen molar-refractivity contribution in [2.75, 3.05) is 36.0 Å². The lowest BCUT2D eigenvalue weighted by Crippen LogP contribution is -2.47. The van der Waals surface area contributed by atoms with E-state index in [1.807, 2.05) is 11.0 Å². The van der Waals surface area contributed by atoms with Crippen LogP contribution in [0.1, 0.15) is 17.7 Å². The molecule has 1 aromatic heterocycles. The number of hydrogen-bond donors (Lipinski definition) is 1.